The van der Waals surface area contributed by atoms with Crippen LogP contribution in [0.4, 0.5) is 11.4 Å². The molecule has 4 rings (SSSR count). The quantitative estimate of drug-likeness (QED) is 0.201. The van der Waals surface area contributed by atoms with Crippen LogP contribution in [0.25, 0.3) is 22.6 Å². The first-order valence-corrected chi connectivity index (χ1v) is 10.5. The Morgan fingerprint density at radius 2 is 2.06 bits per heavy atom. The van der Waals surface area contributed by atoms with Crippen LogP contribution in [0.15, 0.2) is 64.0 Å². The number of hydrogen-bond acceptors (Lipinski definition) is 7. The summed E-state index contributed by atoms with van der Waals surface area (Å²) < 4.78 is 11.0. The third kappa shape index (κ3) is 4.55. The first-order chi connectivity index (χ1) is 15.9. The average molecular weight is 445 g/mol. The molecule has 168 valence electrons. The Balaban J connectivity index is 1.66. The molecule has 0 amide bonds. The van der Waals surface area contributed by atoms with E-state index in [0.717, 1.165) is 23.6 Å². The Labute approximate surface area is 190 Å². The number of phenols is 1. The molecule has 0 aliphatic rings. The van der Waals surface area contributed by atoms with Crippen molar-refractivity contribution < 1.29 is 19.2 Å². The van der Waals surface area contributed by atoms with Crippen LogP contribution < -0.4 is 4.74 Å². The van der Waals surface area contributed by atoms with Crippen molar-refractivity contribution >= 4 is 28.7 Å². The van der Waals surface area contributed by atoms with Gasteiger partial charge in [-0.05, 0) is 48.2 Å². The summed E-state index contributed by atoms with van der Waals surface area (Å²) in [6.07, 6.45) is 2.40. The van der Waals surface area contributed by atoms with E-state index in [1.807, 2.05) is 18.2 Å². The average Bonchev–Trinajstić information content (AvgIpc) is 3.26. The topological polar surface area (TPSA) is 111 Å². The molecular weight excluding hydrogens is 422 g/mol. The lowest BCUT2D eigenvalue weighted by molar-refractivity contribution is -0.385. The number of methoxy groups -OCH3 is 1. The molecule has 33 heavy (non-hydrogen) atoms. The highest BCUT2D eigenvalue weighted by Gasteiger charge is 2.16. The van der Waals surface area contributed by atoms with Crippen molar-refractivity contribution in [2.75, 3.05) is 7.11 Å². The van der Waals surface area contributed by atoms with Crippen molar-refractivity contribution in [2.45, 2.75) is 26.2 Å². The highest BCUT2D eigenvalue weighted by Crippen LogP contribution is 2.34. The Hall–Kier alpha value is -4.20. The lowest BCUT2D eigenvalue weighted by Gasteiger charge is -2.07. The largest absolute Gasteiger partial charge is 0.504 e. The van der Waals surface area contributed by atoms with Gasteiger partial charge in [-0.15, -0.1) is 0 Å². The lowest BCUT2D eigenvalue weighted by atomic mass is 9.98. The van der Waals surface area contributed by atoms with E-state index >= 15 is 0 Å². The molecular formula is C25H23N3O5. The second-order valence-corrected chi connectivity index (χ2v) is 7.71. The molecule has 8 nitrogen and oxygen atoms in total. The number of nitrogens with zero attached hydrogens (tertiary/aromatic N) is 3. The molecule has 0 fully saturated rings. The number of ether oxygens (including phenoxy) is 1. The van der Waals surface area contributed by atoms with Gasteiger partial charge >= 0.3 is 0 Å². The Morgan fingerprint density at radius 1 is 1.24 bits per heavy atom. The van der Waals surface area contributed by atoms with Crippen LogP contribution in [0.3, 0.4) is 0 Å². The molecule has 0 saturated carbocycles. The Bertz CT molecular complexity index is 1360. The van der Waals surface area contributed by atoms with Crippen LogP contribution in [-0.4, -0.2) is 28.3 Å². The number of fused-ring (bicyclic) bond motifs is 1. The van der Waals surface area contributed by atoms with Crippen LogP contribution in [0, 0.1) is 10.1 Å². The maximum atomic E-state index is 11.2. The normalized spacial score (nSPS) is 12.3. The highest BCUT2D eigenvalue weighted by atomic mass is 16.6. The Kier molecular flexibility index (Phi) is 6.08. The molecule has 1 atom stereocenters. The maximum Gasteiger partial charge on any atom is 0.274 e. The summed E-state index contributed by atoms with van der Waals surface area (Å²) in [5, 5.41) is 21.5. The number of non-ortho nitro benzene ring substituents is 1. The van der Waals surface area contributed by atoms with Gasteiger partial charge < -0.3 is 14.3 Å². The van der Waals surface area contributed by atoms with E-state index in [0.29, 0.717) is 23.1 Å². The predicted octanol–water partition coefficient (Wildman–Crippen LogP) is 6.38. The van der Waals surface area contributed by atoms with Gasteiger partial charge in [0, 0.05) is 23.4 Å². The van der Waals surface area contributed by atoms with Crippen molar-refractivity contribution in [3.05, 3.63) is 75.8 Å². The van der Waals surface area contributed by atoms with Gasteiger partial charge in [0.15, 0.2) is 17.1 Å². The summed E-state index contributed by atoms with van der Waals surface area (Å²) in [4.78, 5) is 19.6. The summed E-state index contributed by atoms with van der Waals surface area (Å²) in [5.74, 6) is 0.695. The fourth-order valence-corrected chi connectivity index (χ4v) is 3.45. The van der Waals surface area contributed by atoms with Gasteiger partial charge in [-0.1, -0.05) is 26.0 Å². The molecule has 0 bridgehead atoms. The van der Waals surface area contributed by atoms with E-state index in [2.05, 4.69) is 36.0 Å². The number of benzene rings is 3. The van der Waals surface area contributed by atoms with E-state index in [1.165, 1.54) is 25.0 Å². The van der Waals surface area contributed by atoms with Gasteiger partial charge in [0.25, 0.3) is 5.69 Å². The van der Waals surface area contributed by atoms with E-state index in [4.69, 9.17) is 9.15 Å². The smallest absolute Gasteiger partial charge is 0.274 e. The van der Waals surface area contributed by atoms with Gasteiger partial charge in [-0.2, -0.15) is 0 Å². The second kappa shape index (κ2) is 9.12. The van der Waals surface area contributed by atoms with Crippen LogP contribution in [0.2, 0.25) is 0 Å². The van der Waals surface area contributed by atoms with Gasteiger partial charge in [0.1, 0.15) is 5.52 Å². The molecule has 4 aromatic rings. The maximum absolute atomic E-state index is 11.2. The molecule has 0 unspecified atom stereocenters. The van der Waals surface area contributed by atoms with Crippen molar-refractivity contribution in [1.82, 2.24) is 4.98 Å². The SMILES string of the molecule is CC[C@H](C)c1ccc2oc(-c3cccc(N=Cc4cc([N+](=O)[O-])cc(OC)c4O)c3)nc2c1. The highest BCUT2D eigenvalue weighted by molar-refractivity contribution is 5.88. The zero-order valence-corrected chi connectivity index (χ0v) is 18.5. The molecule has 1 aromatic heterocycles. The third-order valence-electron chi connectivity index (χ3n) is 5.56. The minimum Gasteiger partial charge on any atom is -0.504 e. The molecule has 3 aromatic carbocycles. The van der Waals surface area contributed by atoms with Crippen LogP contribution in [-0.2, 0) is 0 Å². The number of aromatic nitrogens is 1. The summed E-state index contributed by atoms with van der Waals surface area (Å²) in [7, 11) is 1.33. The number of phenolic OH excluding ortho intramolecular Hbond substituents is 1. The number of aromatic hydroxyl groups is 1. The molecule has 8 heteroatoms. The Morgan fingerprint density at radius 3 is 2.79 bits per heavy atom. The van der Waals surface area contributed by atoms with Crippen LogP contribution in [0.5, 0.6) is 11.5 Å². The monoisotopic (exact) mass is 445 g/mol. The van der Waals surface area contributed by atoms with Gasteiger partial charge in [-0.3, -0.25) is 15.1 Å². The standard InChI is InChI=1S/C25H23N3O5/c1-4-15(2)16-8-9-22-21(12-16)27-25(33-22)17-6-5-7-19(10-17)26-14-18-11-20(28(30)31)13-23(32-3)24(18)29/h5-15,29H,4H2,1-3H3/t15-/m0/s1. The fraction of sp³-hybridized carbons (Fsp3) is 0.200. The summed E-state index contributed by atoms with van der Waals surface area (Å²) in [6.45, 7) is 4.33. The second-order valence-electron chi connectivity index (χ2n) is 7.71. The molecule has 0 radical (unpaired) electrons. The summed E-state index contributed by atoms with van der Waals surface area (Å²) >= 11 is 0. The van der Waals surface area contributed by atoms with Gasteiger partial charge in [-0.25, -0.2) is 4.98 Å². The van der Waals surface area contributed by atoms with E-state index in [-0.39, 0.29) is 22.7 Å². The van der Waals surface area contributed by atoms with Crippen molar-refractivity contribution in [3.8, 4) is 23.0 Å². The third-order valence-corrected chi connectivity index (χ3v) is 5.56. The minimum atomic E-state index is -0.556. The molecule has 0 aliphatic carbocycles. The molecule has 1 heterocycles. The fourth-order valence-electron chi connectivity index (χ4n) is 3.45. The summed E-state index contributed by atoms with van der Waals surface area (Å²) in [6, 6.07) is 15.7. The van der Waals surface area contributed by atoms with Gasteiger partial charge in [0.05, 0.1) is 23.8 Å². The van der Waals surface area contributed by atoms with Crippen molar-refractivity contribution in [1.29, 1.82) is 0 Å². The van der Waals surface area contributed by atoms with Crippen LogP contribution >= 0.6 is 0 Å². The number of rotatable bonds is 7. The van der Waals surface area contributed by atoms with Crippen molar-refractivity contribution in [2.24, 2.45) is 4.99 Å². The zero-order chi connectivity index (χ0) is 23.5. The number of aliphatic imine (C=N–C) groups is 1. The van der Waals surface area contributed by atoms with E-state index in [1.54, 1.807) is 12.1 Å². The number of nitro benzene ring substituents is 1. The van der Waals surface area contributed by atoms with E-state index in [9.17, 15) is 15.2 Å². The number of oxazole rings is 1. The molecule has 0 saturated heterocycles. The minimum absolute atomic E-state index is 0.00244. The lowest BCUT2D eigenvalue weighted by Crippen LogP contribution is -1.94. The molecule has 1 N–H and O–H groups in total. The number of hydrogen-bond donors (Lipinski definition) is 1. The van der Waals surface area contributed by atoms with E-state index < -0.39 is 4.92 Å². The predicted molar refractivity (Wildman–Crippen MR) is 127 cm³/mol. The van der Waals surface area contributed by atoms with Gasteiger partial charge in [0.2, 0.25) is 5.89 Å². The first-order valence-electron chi connectivity index (χ1n) is 10.5. The molecule has 0 aliphatic heterocycles. The van der Waals surface area contributed by atoms with Crippen molar-refractivity contribution in [3.63, 3.8) is 0 Å². The first kappa shape index (κ1) is 22.0. The molecule has 0 spiro atoms. The van der Waals surface area contributed by atoms with Crippen LogP contribution in [0.1, 0.15) is 37.3 Å². The number of nitro groups is 1. The zero-order valence-electron chi connectivity index (χ0n) is 18.5. The summed E-state index contributed by atoms with van der Waals surface area (Å²) in [5.41, 5.74) is 4.00.